The lowest BCUT2D eigenvalue weighted by Gasteiger charge is -2.33. The summed E-state index contributed by atoms with van der Waals surface area (Å²) in [5.41, 5.74) is 0.916. The molecule has 2 fully saturated rings. The number of nitrogens with zero attached hydrogens (tertiary/aromatic N) is 7. The molecule has 1 unspecified atom stereocenters. The molecule has 1 aromatic rings. The molecule has 1 aromatic heterocycles. The monoisotopic (exact) mass is 418 g/mol. The van der Waals surface area contributed by atoms with E-state index in [1.54, 1.807) is 13.2 Å². The lowest BCUT2D eigenvalue weighted by molar-refractivity contribution is -0.554. The van der Waals surface area contributed by atoms with Crippen LogP contribution < -0.4 is 0 Å². The number of aliphatic imine (C=N–C) groups is 1. The molecule has 0 aliphatic carbocycles. The van der Waals surface area contributed by atoms with Gasteiger partial charge in [0.1, 0.15) is 0 Å². The summed E-state index contributed by atoms with van der Waals surface area (Å²) in [6, 6.07) is 0.897. The molecular weight excluding hydrogens is 394 g/mol. The van der Waals surface area contributed by atoms with E-state index in [0.717, 1.165) is 16.6 Å². The number of carbonyl (C=O) groups is 2. The van der Waals surface area contributed by atoms with Gasteiger partial charge in [0.2, 0.25) is 11.9 Å². The van der Waals surface area contributed by atoms with Crippen molar-refractivity contribution in [3.8, 4) is 0 Å². The first-order valence-corrected chi connectivity index (χ1v) is 10.5. The first-order chi connectivity index (χ1) is 14.0. The minimum Gasteiger partial charge on any atom is -0.375 e. The van der Waals surface area contributed by atoms with E-state index in [1.165, 1.54) is 23.7 Å². The molecule has 3 aliphatic rings. The highest BCUT2D eigenvalue weighted by atomic mass is 32.2. The van der Waals surface area contributed by atoms with E-state index < -0.39 is 6.04 Å². The van der Waals surface area contributed by atoms with Gasteiger partial charge in [-0.1, -0.05) is 16.8 Å². The summed E-state index contributed by atoms with van der Waals surface area (Å²) in [5, 5.41) is 0.706. The highest BCUT2D eigenvalue weighted by Gasteiger charge is 2.55. The standard InChI is InChI=1S/C18H24N7O3S/c1-12-4-5-19-16(20-12)29-11-8-25-13-14(22(2)18(27)23(3)15(13)26)21-17(25)24-6-9-28-10-7-24/h4-5,13H,6-11H2,1-3H3/q+1. The topological polar surface area (TPSA) is 94.2 Å². The van der Waals surface area contributed by atoms with E-state index in [2.05, 4.69) is 14.5 Å². The lowest BCUT2D eigenvalue weighted by Crippen LogP contribution is -2.63. The number of urea groups is 1. The Morgan fingerprint density at radius 1 is 1.24 bits per heavy atom. The fraction of sp³-hybridized carbons (Fsp3) is 0.556. The maximum atomic E-state index is 12.9. The SMILES string of the molecule is Cc1ccnc(SCCN2C(=[N+]3CCOCC3)N=C3C2C(=O)N(C)C(=O)N3C)n1. The van der Waals surface area contributed by atoms with Crippen molar-refractivity contribution >= 4 is 35.5 Å². The van der Waals surface area contributed by atoms with Crippen LogP contribution in [0.25, 0.3) is 0 Å². The Kier molecular flexibility index (Phi) is 5.50. The van der Waals surface area contributed by atoms with Crippen molar-refractivity contribution in [1.82, 2.24) is 24.7 Å². The molecular formula is C18H24N7O3S+. The molecule has 29 heavy (non-hydrogen) atoms. The van der Waals surface area contributed by atoms with Crippen LogP contribution in [0.2, 0.25) is 0 Å². The second kappa shape index (κ2) is 8.07. The van der Waals surface area contributed by atoms with Crippen LogP contribution in [0, 0.1) is 6.92 Å². The number of fused-ring (bicyclic) bond motifs is 1. The Labute approximate surface area is 173 Å². The number of amides is 3. The van der Waals surface area contributed by atoms with Crippen LogP contribution in [-0.4, -0.2) is 112 Å². The van der Waals surface area contributed by atoms with Crippen molar-refractivity contribution in [2.45, 2.75) is 18.1 Å². The molecule has 0 bridgehead atoms. The number of thioether (sulfide) groups is 1. The highest BCUT2D eigenvalue weighted by Crippen LogP contribution is 2.24. The Balaban J connectivity index is 1.60. The number of ether oxygens (including phenoxy) is 1. The van der Waals surface area contributed by atoms with E-state index in [4.69, 9.17) is 9.73 Å². The summed E-state index contributed by atoms with van der Waals surface area (Å²) in [4.78, 5) is 43.4. The van der Waals surface area contributed by atoms with Gasteiger partial charge in [-0.3, -0.25) is 19.2 Å². The fourth-order valence-corrected chi connectivity index (χ4v) is 4.38. The summed E-state index contributed by atoms with van der Waals surface area (Å²) in [5.74, 6) is 1.64. The predicted molar refractivity (Wildman–Crippen MR) is 107 cm³/mol. The van der Waals surface area contributed by atoms with Crippen molar-refractivity contribution in [3.05, 3.63) is 18.0 Å². The Hall–Kier alpha value is -2.53. The van der Waals surface area contributed by atoms with Gasteiger partial charge in [0, 0.05) is 31.7 Å². The van der Waals surface area contributed by atoms with Crippen molar-refractivity contribution in [2.24, 2.45) is 4.99 Å². The van der Waals surface area contributed by atoms with E-state index in [-0.39, 0.29) is 11.9 Å². The number of imide groups is 1. The number of carbonyl (C=O) groups excluding carboxylic acids is 2. The van der Waals surface area contributed by atoms with Gasteiger partial charge in [-0.25, -0.2) is 19.7 Å². The van der Waals surface area contributed by atoms with Gasteiger partial charge in [-0.2, -0.15) is 0 Å². The molecule has 0 N–H and O–H groups in total. The molecule has 4 rings (SSSR count). The van der Waals surface area contributed by atoms with Gasteiger partial charge >= 0.3 is 12.0 Å². The largest absolute Gasteiger partial charge is 0.392 e. The van der Waals surface area contributed by atoms with Crippen molar-refractivity contribution in [3.63, 3.8) is 0 Å². The third-order valence-electron chi connectivity index (χ3n) is 5.14. The van der Waals surface area contributed by atoms with Crippen LogP contribution in [-0.2, 0) is 9.53 Å². The van der Waals surface area contributed by atoms with Gasteiger partial charge in [0.15, 0.2) is 5.16 Å². The van der Waals surface area contributed by atoms with Crippen LogP contribution in [0.15, 0.2) is 22.4 Å². The molecule has 10 nitrogen and oxygen atoms in total. The van der Waals surface area contributed by atoms with E-state index in [0.29, 0.717) is 49.6 Å². The molecule has 0 radical (unpaired) electrons. The smallest absolute Gasteiger partial charge is 0.375 e. The van der Waals surface area contributed by atoms with Gasteiger partial charge in [-0.15, -0.1) is 0 Å². The number of hydrogen-bond acceptors (Lipinski definition) is 6. The van der Waals surface area contributed by atoms with Gasteiger partial charge in [-0.05, 0) is 13.0 Å². The summed E-state index contributed by atoms with van der Waals surface area (Å²) >= 11 is 1.54. The van der Waals surface area contributed by atoms with Gasteiger partial charge in [0.25, 0.3) is 5.91 Å². The molecule has 3 amide bonds. The summed E-state index contributed by atoms with van der Waals surface area (Å²) in [6.45, 7) is 5.13. The quantitative estimate of drug-likeness (QED) is 0.382. The zero-order chi connectivity index (χ0) is 20.5. The van der Waals surface area contributed by atoms with Crippen LogP contribution in [0.4, 0.5) is 4.79 Å². The average molecular weight is 419 g/mol. The number of aromatic nitrogens is 2. The zero-order valence-electron chi connectivity index (χ0n) is 16.7. The van der Waals surface area contributed by atoms with Crippen LogP contribution >= 0.6 is 11.8 Å². The van der Waals surface area contributed by atoms with E-state index in [9.17, 15) is 9.59 Å². The summed E-state index contributed by atoms with van der Waals surface area (Å²) in [7, 11) is 3.17. The second-order valence-electron chi connectivity index (χ2n) is 7.03. The fourth-order valence-electron chi connectivity index (χ4n) is 3.56. The molecule has 154 valence electrons. The van der Waals surface area contributed by atoms with Gasteiger partial charge < -0.3 is 4.74 Å². The van der Waals surface area contributed by atoms with Crippen molar-refractivity contribution < 1.29 is 18.9 Å². The second-order valence-corrected chi connectivity index (χ2v) is 8.10. The predicted octanol–water partition coefficient (Wildman–Crippen LogP) is -0.118. The summed E-state index contributed by atoms with van der Waals surface area (Å²) in [6.07, 6.45) is 1.74. The van der Waals surface area contributed by atoms with Crippen LogP contribution in [0.5, 0.6) is 0 Å². The normalized spacial score (nSPS) is 22.4. The number of aryl methyl sites for hydroxylation is 1. The Morgan fingerprint density at radius 3 is 2.72 bits per heavy atom. The molecule has 1 atom stereocenters. The Bertz CT molecular complexity index is 895. The average Bonchev–Trinajstić information content (AvgIpc) is 3.11. The minimum atomic E-state index is -0.598. The number of amidine groups is 1. The maximum absolute atomic E-state index is 12.9. The zero-order valence-corrected chi connectivity index (χ0v) is 17.6. The molecule has 11 heteroatoms. The lowest BCUT2D eigenvalue weighted by atomic mass is 10.1. The first kappa shape index (κ1) is 19.8. The van der Waals surface area contributed by atoms with Gasteiger partial charge in [0.05, 0.1) is 32.8 Å². The number of rotatable bonds is 4. The van der Waals surface area contributed by atoms with E-state index >= 15 is 0 Å². The van der Waals surface area contributed by atoms with Crippen molar-refractivity contribution in [1.29, 1.82) is 0 Å². The molecule has 0 spiro atoms. The van der Waals surface area contributed by atoms with Crippen LogP contribution in [0.3, 0.4) is 0 Å². The minimum absolute atomic E-state index is 0.257. The van der Waals surface area contributed by atoms with E-state index in [1.807, 2.05) is 17.9 Å². The molecule has 2 saturated heterocycles. The number of hydrogen-bond donors (Lipinski definition) is 0. The molecule has 3 aliphatic heterocycles. The first-order valence-electron chi connectivity index (χ1n) is 9.50. The third kappa shape index (κ3) is 3.71. The third-order valence-corrected chi connectivity index (χ3v) is 5.98. The number of guanidine groups is 1. The summed E-state index contributed by atoms with van der Waals surface area (Å²) < 4.78 is 7.58. The molecule has 0 saturated carbocycles. The Morgan fingerprint density at radius 2 is 2.00 bits per heavy atom. The molecule has 4 heterocycles. The number of morpholine rings is 1. The highest BCUT2D eigenvalue weighted by molar-refractivity contribution is 7.99. The number of likely N-dealkylation sites (N-methyl/N-ethyl adjacent to an activating group) is 2. The maximum Gasteiger partial charge on any atom is 0.392 e. The molecule has 0 aromatic carbocycles. The van der Waals surface area contributed by atoms with Crippen LogP contribution in [0.1, 0.15) is 5.69 Å². The van der Waals surface area contributed by atoms with Crippen molar-refractivity contribution in [2.75, 3.05) is 52.7 Å².